The summed E-state index contributed by atoms with van der Waals surface area (Å²) in [7, 11) is 1.48. The van der Waals surface area contributed by atoms with Gasteiger partial charge in [-0.3, -0.25) is 18.6 Å². The molecule has 0 aliphatic heterocycles. The number of phosphoric acid groups is 1. The van der Waals surface area contributed by atoms with Gasteiger partial charge in [0.2, 0.25) is 5.91 Å². The SMILES string of the molecule is CC/C=C\C/C=C\C/C=C\C/C=C\C/C=C\C/C=C\CCCCCCCCC(=O)NC(COP(=O)(O)OCC[N+](C)(C)C)C(/C=C/CCCCCCCCCCCCC)OC(=O)CCCCCCCCCCCCCCC/C=C/CCCCCCCC. The molecule has 0 aromatic rings. The van der Waals surface area contributed by atoms with E-state index < -0.39 is 20.0 Å². The van der Waals surface area contributed by atoms with Gasteiger partial charge in [-0.15, -0.1) is 0 Å². The van der Waals surface area contributed by atoms with Crippen LogP contribution < -0.4 is 5.32 Å². The standard InChI is InChI=1S/C77H139N2O7P/c1-7-10-13-16-19-22-25-28-30-32-34-36-38-39-41-42-44-46-48-51-54-57-60-63-66-69-76(80)78-74(73-85-87(82,83)84-72-71-79(4,5)6)75(68-65-62-59-56-53-50-27-24-21-18-15-12-9-3)86-77(81)70-67-64-61-58-55-52-49-47-45-43-40-37-35-33-31-29-26-23-20-17-14-11-8-2/h10,13,19,22,28-31,34,36,39,41,44,46,65,68,74-75H,7-9,11-12,14-18,20-21,23-27,32-33,35,37-38,40,42-43,45,47-64,66-67,69-73H2,1-6H3,(H-,78,80,82,83)/p+1/b13-10-,22-19-,30-28-,31-29+,36-34-,41-39-,46-44-,68-65+. The van der Waals surface area contributed by atoms with Gasteiger partial charge in [-0.05, 0) is 109 Å². The van der Waals surface area contributed by atoms with Crippen LogP contribution in [0.15, 0.2) is 97.2 Å². The quantitative estimate of drug-likeness (QED) is 0.0205. The van der Waals surface area contributed by atoms with Gasteiger partial charge in [-0.25, -0.2) is 4.57 Å². The highest BCUT2D eigenvalue weighted by Crippen LogP contribution is 2.43. The van der Waals surface area contributed by atoms with Crippen LogP contribution >= 0.6 is 7.82 Å². The second kappa shape index (κ2) is 65.9. The fourth-order valence-corrected chi connectivity index (χ4v) is 11.1. The van der Waals surface area contributed by atoms with Crippen molar-refractivity contribution in [2.45, 2.75) is 341 Å². The Kier molecular flexibility index (Phi) is 63.5. The van der Waals surface area contributed by atoms with Gasteiger partial charge in [-0.1, -0.05) is 305 Å². The Morgan fingerprint density at radius 1 is 0.414 bits per heavy atom. The number of ether oxygens (including phenoxy) is 1. The van der Waals surface area contributed by atoms with Crippen molar-refractivity contribution in [3.63, 3.8) is 0 Å². The zero-order chi connectivity index (χ0) is 63.5. The van der Waals surface area contributed by atoms with E-state index in [0.29, 0.717) is 17.4 Å². The number of unbranched alkanes of at least 4 members (excludes halogenated alkanes) is 36. The van der Waals surface area contributed by atoms with Gasteiger partial charge in [0.05, 0.1) is 33.8 Å². The molecule has 2 N–H and O–H groups in total. The number of rotatable bonds is 66. The maximum atomic E-state index is 13.6. The lowest BCUT2D eigenvalue weighted by molar-refractivity contribution is -0.870. The van der Waals surface area contributed by atoms with E-state index in [2.05, 4.69) is 111 Å². The number of likely N-dealkylation sites (N-methyl/N-ethyl adjacent to an activating group) is 1. The summed E-state index contributed by atoms with van der Waals surface area (Å²) in [5.41, 5.74) is 0. The fraction of sp³-hybridized carbons (Fsp3) is 0.766. The lowest BCUT2D eigenvalue weighted by Gasteiger charge is -2.27. The number of nitrogens with one attached hydrogen (secondary N) is 1. The summed E-state index contributed by atoms with van der Waals surface area (Å²) in [6.45, 7) is 6.91. The Hall–Kier alpha value is -3.07. The molecule has 0 fully saturated rings. The predicted molar refractivity (Wildman–Crippen MR) is 378 cm³/mol. The Morgan fingerprint density at radius 2 is 0.736 bits per heavy atom. The maximum absolute atomic E-state index is 13.6. The van der Waals surface area contributed by atoms with Gasteiger partial charge in [0.1, 0.15) is 19.3 Å². The molecule has 0 spiro atoms. The smallest absolute Gasteiger partial charge is 0.456 e. The Labute approximate surface area is 538 Å². The summed E-state index contributed by atoms with van der Waals surface area (Å²) in [6.07, 6.45) is 89.9. The van der Waals surface area contributed by atoms with E-state index in [-0.39, 0.29) is 31.5 Å². The topological polar surface area (TPSA) is 111 Å². The van der Waals surface area contributed by atoms with Gasteiger partial charge in [0.25, 0.3) is 0 Å². The summed E-state index contributed by atoms with van der Waals surface area (Å²) in [5.74, 6) is -0.516. The highest BCUT2D eigenvalue weighted by molar-refractivity contribution is 7.47. The average Bonchev–Trinajstić information content (AvgIpc) is 3.70. The monoisotopic (exact) mass is 1240 g/mol. The molecule has 0 heterocycles. The first-order valence-corrected chi connectivity index (χ1v) is 38.1. The van der Waals surface area contributed by atoms with E-state index in [4.69, 9.17) is 13.8 Å². The normalized spacial score (nSPS) is 14.1. The minimum absolute atomic E-state index is 0.0338. The molecule has 0 rings (SSSR count). The molecule has 0 aliphatic rings. The number of carbonyl (C=O) groups excluding carboxylic acids is 2. The Morgan fingerprint density at radius 3 is 1.11 bits per heavy atom. The van der Waals surface area contributed by atoms with Crippen LogP contribution in [0.3, 0.4) is 0 Å². The van der Waals surface area contributed by atoms with Gasteiger partial charge in [0, 0.05) is 12.8 Å². The molecule has 0 radical (unpaired) electrons. The molecule has 0 aromatic heterocycles. The van der Waals surface area contributed by atoms with E-state index in [1.807, 2.05) is 33.3 Å². The van der Waals surface area contributed by atoms with Crippen LogP contribution in [0.2, 0.25) is 0 Å². The van der Waals surface area contributed by atoms with Crippen LogP contribution in [-0.2, 0) is 27.9 Å². The summed E-state index contributed by atoms with van der Waals surface area (Å²) in [5, 5.41) is 3.07. The summed E-state index contributed by atoms with van der Waals surface area (Å²) in [6, 6.07) is -0.863. The number of hydrogen-bond acceptors (Lipinski definition) is 6. The first-order valence-electron chi connectivity index (χ1n) is 36.6. The van der Waals surface area contributed by atoms with E-state index in [9.17, 15) is 19.0 Å². The van der Waals surface area contributed by atoms with Gasteiger partial charge < -0.3 is 19.4 Å². The molecule has 0 aliphatic carbocycles. The fourth-order valence-electron chi connectivity index (χ4n) is 10.4. The number of amides is 1. The van der Waals surface area contributed by atoms with E-state index >= 15 is 0 Å². The van der Waals surface area contributed by atoms with Crippen molar-refractivity contribution in [3.8, 4) is 0 Å². The highest BCUT2D eigenvalue weighted by Gasteiger charge is 2.30. The van der Waals surface area contributed by atoms with Crippen LogP contribution in [0, 0.1) is 0 Å². The van der Waals surface area contributed by atoms with Crippen molar-refractivity contribution >= 4 is 19.7 Å². The number of esters is 1. The van der Waals surface area contributed by atoms with Crippen LogP contribution in [0.1, 0.15) is 329 Å². The zero-order valence-corrected chi connectivity index (χ0v) is 58.6. The third-order valence-corrected chi connectivity index (χ3v) is 17.0. The lowest BCUT2D eigenvalue weighted by Crippen LogP contribution is -2.47. The van der Waals surface area contributed by atoms with Crippen molar-refractivity contribution in [3.05, 3.63) is 97.2 Å². The van der Waals surface area contributed by atoms with Crippen molar-refractivity contribution in [1.82, 2.24) is 5.32 Å². The predicted octanol–water partition coefficient (Wildman–Crippen LogP) is 23.5. The molecule has 10 heteroatoms. The van der Waals surface area contributed by atoms with Crippen LogP contribution in [0.5, 0.6) is 0 Å². The van der Waals surface area contributed by atoms with E-state index in [1.165, 1.54) is 173 Å². The first kappa shape index (κ1) is 83.9. The average molecular weight is 1240 g/mol. The van der Waals surface area contributed by atoms with Crippen molar-refractivity contribution < 1.29 is 37.3 Å². The zero-order valence-electron chi connectivity index (χ0n) is 57.7. The van der Waals surface area contributed by atoms with Gasteiger partial charge in [0.15, 0.2) is 0 Å². The van der Waals surface area contributed by atoms with Gasteiger partial charge in [-0.2, -0.15) is 0 Å². The molecular weight excluding hydrogens is 1100 g/mol. The molecule has 87 heavy (non-hydrogen) atoms. The van der Waals surface area contributed by atoms with Gasteiger partial charge >= 0.3 is 13.8 Å². The summed E-state index contributed by atoms with van der Waals surface area (Å²) in [4.78, 5) is 38.0. The minimum atomic E-state index is -4.47. The summed E-state index contributed by atoms with van der Waals surface area (Å²) >= 11 is 0. The molecule has 3 unspecified atom stereocenters. The largest absolute Gasteiger partial charge is 0.472 e. The number of carbonyl (C=O) groups is 2. The Balaban J connectivity index is 5.12. The molecule has 0 saturated heterocycles. The maximum Gasteiger partial charge on any atom is 0.472 e. The van der Waals surface area contributed by atoms with E-state index in [0.717, 1.165) is 122 Å². The van der Waals surface area contributed by atoms with Crippen LogP contribution in [0.4, 0.5) is 0 Å². The molecular formula is C77H140N2O7P+. The molecule has 3 atom stereocenters. The molecule has 0 aromatic carbocycles. The third kappa shape index (κ3) is 67.2. The number of hydrogen-bond donors (Lipinski definition) is 2. The minimum Gasteiger partial charge on any atom is -0.456 e. The molecule has 1 amide bonds. The van der Waals surface area contributed by atoms with E-state index in [1.54, 1.807) is 0 Å². The summed E-state index contributed by atoms with van der Waals surface area (Å²) < 4.78 is 30.9. The van der Waals surface area contributed by atoms with Crippen LogP contribution in [0.25, 0.3) is 0 Å². The van der Waals surface area contributed by atoms with Crippen molar-refractivity contribution in [2.75, 3.05) is 40.9 Å². The molecule has 504 valence electrons. The molecule has 0 bridgehead atoms. The molecule has 9 nitrogen and oxygen atoms in total. The second-order valence-electron chi connectivity index (χ2n) is 25.7. The van der Waals surface area contributed by atoms with Crippen molar-refractivity contribution in [2.24, 2.45) is 0 Å². The number of quaternary nitrogens is 1. The van der Waals surface area contributed by atoms with Crippen molar-refractivity contribution in [1.29, 1.82) is 0 Å². The third-order valence-electron chi connectivity index (χ3n) is 16.0. The second-order valence-corrected chi connectivity index (χ2v) is 27.2. The Bertz CT molecular complexity index is 1810. The number of allylic oxidation sites excluding steroid dienone is 15. The first-order chi connectivity index (χ1) is 42.4. The number of nitrogens with zero attached hydrogens (tertiary/aromatic N) is 1. The van der Waals surface area contributed by atoms with Crippen LogP contribution in [-0.4, -0.2) is 74.3 Å². The highest BCUT2D eigenvalue weighted by atomic mass is 31.2. The lowest BCUT2D eigenvalue weighted by atomic mass is 10.0. The molecule has 0 saturated carbocycles. The number of phosphoric ester groups is 1.